The molecule has 1 aliphatic rings. The van der Waals surface area contributed by atoms with E-state index in [0.29, 0.717) is 5.54 Å². The molecule has 4 nitrogen and oxygen atoms in total. The number of rotatable bonds is 4. The van der Waals surface area contributed by atoms with Gasteiger partial charge in [-0.2, -0.15) is 4.98 Å². The molecule has 86 valence electrons. The molecule has 5 heteroatoms. The van der Waals surface area contributed by atoms with Crippen LogP contribution in [0.3, 0.4) is 0 Å². The van der Waals surface area contributed by atoms with Gasteiger partial charge in [0.2, 0.25) is 5.88 Å². The van der Waals surface area contributed by atoms with Crippen molar-refractivity contribution in [1.29, 1.82) is 0 Å². The summed E-state index contributed by atoms with van der Waals surface area (Å²) < 4.78 is 7.41. The molecule has 0 bridgehead atoms. The number of thiazole rings is 1. The number of methoxy groups -OCH3 is 1. The Labute approximate surface area is 98.3 Å². The Hall–Kier alpha value is -1.07. The highest BCUT2D eigenvalue weighted by atomic mass is 32.1. The lowest BCUT2D eigenvalue weighted by atomic mass is 10.3. The average Bonchev–Trinajstić information content (AvgIpc) is 2.75. The number of nitrogens with zero attached hydrogens (tertiary/aromatic N) is 2. The van der Waals surface area contributed by atoms with Crippen LogP contribution in [0.25, 0.3) is 4.96 Å². The molecule has 16 heavy (non-hydrogen) atoms. The summed E-state index contributed by atoms with van der Waals surface area (Å²) in [5.74, 6) is 0.739. The quantitative estimate of drug-likeness (QED) is 0.884. The summed E-state index contributed by atoms with van der Waals surface area (Å²) in [4.78, 5) is 5.43. The van der Waals surface area contributed by atoms with Gasteiger partial charge in [-0.05, 0) is 19.8 Å². The van der Waals surface area contributed by atoms with Crippen LogP contribution in [0.1, 0.15) is 25.5 Å². The van der Waals surface area contributed by atoms with Gasteiger partial charge in [0.05, 0.1) is 7.11 Å². The number of hydrogen-bond donors (Lipinski definition) is 1. The summed E-state index contributed by atoms with van der Waals surface area (Å²) in [5, 5.41) is 5.60. The Morgan fingerprint density at radius 2 is 2.44 bits per heavy atom. The van der Waals surface area contributed by atoms with Crippen molar-refractivity contribution in [3.05, 3.63) is 17.3 Å². The van der Waals surface area contributed by atoms with Gasteiger partial charge in [-0.15, -0.1) is 11.3 Å². The first-order valence-corrected chi connectivity index (χ1v) is 6.33. The van der Waals surface area contributed by atoms with Gasteiger partial charge in [0.25, 0.3) is 0 Å². The van der Waals surface area contributed by atoms with E-state index in [4.69, 9.17) is 4.74 Å². The van der Waals surface area contributed by atoms with Gasteiger partial charge in [0.1, 0.15) is 5.69 Å². The molecule has 0 atom stereocenters. The molecule has 1 saturated carbocycles. The lowest BCUT2D eigenvalue weighted by Gasteiger charge is -2.11. The molecule has 0 amide bonds. The van der Waals surface area contributed by atoms with Crippen molar-refractivity contribution in [3.63, 3.8) is 0 Å². The Balaban J connectivity index is 1.90. The first kappa shape index (κ1) is 10.1. The summed E-state index contributed by atoms with van der Waals surface area (Å²) >= 11 is 1.63. The Morgan fingerprint density at radius 3 is 3.12 bits per heavy atom. The van der Waals surface area contributed by atoms with Crippen molar-refractivity contribution in [2.24, 2.45) is 0 Å². The van der Waals surface area contributed by atoms with Crippen LogP contribution in [-0.4, -0.2) is 22.0 Å². The van der Waals surface area contributed by atoms with Gasteiger partial charge >= 0.3 is 0 Å². The summed E-state index contributed by atoms with van der Waals surface area (Å²) in [6, 6.07) is 0. The zero-order valence-electron chi connectivity index (χ0n) is 9.49. The third-order valence-electron chi connectivity index (χ3n) is 3.20. The highest BCUT2D eigenvalue weighted by Gasteiger charge is 2.36. The fourth-order valence-corrected chi connectivity index (χ4v) is 2.52. The predicted molar refractivity (Wildman–Crippen MR) is 64.1 cm³/mol. The van der Waals surface area contributed by atoms with Crippen LogP contribution in [0.4, 0.5) is 0 Å². The van der Waals surface area contributed by atoms with E-state index in [1.165, 1.54) is 12.8 Å². The molecule has 2 aromatic rings. The molecular formula is C11H15N3OS. The van der Waals surface area contributed by atoms with Crippen molar-refractivity contribution < 1.29 is 4.74 Å². The molecule has 1 fully saturated rings. The van der Waals surface area contributed by atoms with E-state index >= 15 is 0 Å². The second kappa shape index (κ2) is 3.46. The zero-order chi connectivity index (χ0) is 11.2. The van der Waals surface area contributed by atoms with Crippen molar-refractivity contribution in [1.82, 2.24) is 14.7 Å². The minimum absolute atomic E-state index is 0.338. The molecule has 0 aliphatic heterocycles. The van der Waals surface area contributed by atoms with E-state index in [1.54, 1.807) is 18.4 Å². The number of fused-ring (bicyclic) bond motifs is 1. The SMILES string of the molecule is COc1nc2sccn2c1CNC1(C)CC1. The highest BCUT2D eigenvalue weighted by Crippen LogP contribution is 2.35. The fourth-order valence-electron chi connectivity index (χ4n) is 1.80. The molecule has 2 heterocycles. The van der Waals surface area contributed by atoms with Gasteiger partial charge in [0.15, 0.2) is 4.96 Å². The number of hydrogen-bond acceptors (Lipinski definition) is 4. The van der Waals surface area contributed by atoms with E-state index < -0.39 is 0 Å². The Kier molecular flexibility index (Phi) is 2.19. The van der Waals surface area contributed by atoms with Gasteiger partial charge < -0.3 is 10.1 Å². The lowest BCUT2D eigenvalue weighted by molar-refractivity contribution is 0.390. The summed E-state index contributed by atoms with van der Waals surface area (Å²) in [6.45, 7) is 3.07. The maximum Gasteiger partial charge on any atom is 0.237 e. The molecule has 0 saturated heterocycles. The molecule has 0 aromatic carbocycles. The molecule has 3 rings (SSSR count). The zero-order valence-corrected chi connectivity index (χ0v) is 10.3. The summed E-state index contributed by atoms with van der Waals surface area (Å²) in [7, 11) is 1.68. The standard InChI is InChI=1S/C11H15N3OS/c1-11(3-4-11)12-7-8-9(15-2)13-10-14(8)5-6-16-10/h5-6,12H,3-4,7H2,1-2H3. The molecule has 0 radical (unpaired) electrons. The van der Waals surface area contributed by atoms with Crippen molar-refractivity contribution in [3.8, 4) is 5.88 Å². The largest absolute Gasteiger partial charge is 0.480 e. The minimum Gasteiger partial charge on any atom is -0.480 e. The Bertz CT molecular complexity index is 512. The summed E-state index contributed by atoms with van der Waals surface area (Å²) in [5.41, 5.74) is 1.46. The van der Waals surface area contributed by atoms with Crippen molar-refractivity contribution >= 4 is 16.3 Å². The van der Waals surface area contributed by atoms with Crippen LogP contribution in [0.2, 0.25) is 0 Å². The lowest BCUT2D eigenvalue weighted by Crippen LogP contribution is -2.27. The van der Waals surface area contributed by atoms with Gasteiger partial charge in [0, 0.05) is 23.7 Å². The van der Waals surface area contributed by atoms with E-state index in [2.05, 4.69) is 21.6 Å². The number of aromatic nitrogens is 2. The maximum absolute atomic E-state index is 5.31. The molecule has 0 spiro atoms. The van der Waals surface area contributed by atoms with Crippen LogP contribution in [-0.2, 0) is 6.54 Å². The van der Waals surface area contributed by atoms with Crippen LogP contribution >= 0.6 is 11.3 Å². The van der Waals surface area contributed by atoms with Crippen LogP contribution in [0.15, 0.2) is 11.6 Å². The van der Waals surface area contributed by atoms with E-state index in [0.717, 1.165) is 23.1 Å². The normalized spacial score (nSPS) is 17.9. The number of nitrogens with one attached hydrogen (secondary N) is 1. The van der Waals surface area contributed by atoms with Gasteiger partial charge in [-0.3, -0.25) is 4.40 Å². The molecule has 1 aliphatic carbocycles. The molecular weight excluding hydrogens is 222 g/mol. The van der Waals surface area contributed by atoms with Crippen LogP contribution in [0, 0.1) is 0 Å². The van der Waals surface area contributed by atoms with Crippen LogP contribution < -0.4 is 10.1 Å². The molecule has 1 N–H and O–H groups in total. The first-order valence-electron chi connectivity index (χ1n) is 5.45. The predicted octanol–water partition coefficient (Wildman–Crippen LogP) is 2.05. The molecule has 0 unspecified atom stereocenters. The monoisotopic (exact) mass is 237 g/mol. The van der Waals surface area contributed by atoms with E-state index in [-0.39, 0.29) is 0 Å². The first-order chi connectivity index (χ1) is 7.72. The highest BCUT2D eigenvalue weighted by molar-refractivity contribution is 7.15. The maximum atomic E-state index is 5.31. The average molecular weight is 237 g/mol. The topological polar surface area (TPSA) is 38.6 Å². The van der Waals surface area contributed by atoms with Crippen LogP contribution in [0.5, 0.6) is 5.88 Å². The van der Waals surface area contributed by atoms with E-state index in [1.807, 2.05) is 11.6 Å². The number of ether oxygens (including phenoxy) is 1. The fraction of sp³-hybridized carbons (Fsp3) is 0.545. The smallest absolute Gasteiger partial charge is 0.237 e. The number of imidazole rings is 1. The minimum atomic E-state index is 0.338. The Morgan fingerprint density at radius 1 is 1.62 bits per heavy atom. The van der Waals surface area contributed by atoms with Crippen molar-refractivity contribution in [2.45, 2.75) is 31.8 Å². The van der Waals surface area contributed by atoms with Gasteiger partial charge in [-0.1, -0.05) is 0 Å². The second-order valence-electron chi connectivity index (χ2n) is 4.54. The van der Waals surface area contributed by atoms with E-state index in [9.17, 15) is 0 Å². The third kappa shape index (κ3) is 1.60. The van der Waals surface area contributed by atoms with Gasteiger partial charge in [-0.25, -0.2) is 0 Å². The third-order valence-corrected chi connectivity index (χ3v) is 3.96. The summed E-state index contributed by atoms with van der Waals surface area (Å²) in [6.07, 6.45) is 4.57. The second-order valence-corrected chi connectivity index (χ2v) is 5.41. The molecule has 2 aromatic heterocycles. The van der Waals surface area contributed by atoms with Crippen molar-refractivity contribution in [2.75, 3.05) is 7.11 Å².